The van der Waals surface area contributed by atoms with E-state index in [1.807, 2.05) is 0 Å². The number of aryl methyl sites for hydroxylation is 2. The van der Waals surface area contributed by atoms with Crippen LogP contribution < -0.4 is 10.2 Å². The molecule has 0 atom stereocenters. The molecule has 102 valence electrons. The average Bonchev–Trinajstić information content (AvgIpc) is 2.91. The van der Waals surface area contributed by atoms with E-state index < -0.39 is 0 Å². The monoisotopic (exact) mass is 298 g/mol. The van der Waals surface area contributed by atoms with Crippen LogP contribution in [0.4, 0.5) is 5.13 Å². The summed E-state index contributed by atoms with van der Waals surface area (Å²) in [6, 6.07) is 0. The molecule has 0 bridgehead atoms. The highest BCUT2D eigenvalue weighted by atomic mass is 32.1. The van der Waals surface area contributed by atoms with Crippen LogP contribution in [0, 0.1) is 6.92 Å². The molecule has 0 aromatic carbocycles. The van der Waals surface area contributed by atoms with Crippen molar-refractivity contribution in [1.29, 1.82) is 0 Å². The van der Waals surface area contributed by atoms with Gasteiger partial charge in [0.15, 0.2) is 0 Å². The highest BCUT2D eigenvalue weighted by Crippen LogP contribution is 2.16. The van der Waals surface area contributed by atoms with Gasteiger partial charge < -0.3 is 0 Å². The highest BCUT2D eigenvalue weighted by Gasteiger charge is 2.11. The third kappa shape index (κ3) is 3.48. The fourth-order valence-corrected chi connectivity index (χ4v) is 3.11. The molecule has 0 aliphatic heterocycles. The van der Waals surface area contributed by atoms with Crippen molar-refractivity contribution in [2.75, 3.05) is 5.32 Å². The predicted octanol–water partition coefficient (Wildman–Crippen LogP) is 1.66. The Morgan fingerprint density at radius 1 is 1.47 bits per heavy atom. The van der Waals surface area contributed by atoms with Crippen molar-refractivity contribution < 1.29 is 4.79 Å². The lowest BCUT2D eigenvalue weighted by molar-refractivity contribution is -0.116. The Morgan fingerprint density at radius 2 is 2.26 bits per heavy atom. The molecular weight excluding hydrogens is 284 g/mol. The third-order valence-electron chi connectivity index (χ3n) is 2.46. The van der Waals surface area contributed by atoms with Crippen LogP contribution in [0.1, 0.15) is 24.0 Å². The molecule has 2 heterocycles. The maximum absolute atomic E-state index is 11.8. The molecule has 8 heteroatoms. The highest BCUT2D eigenvalue weighted by molar-refractivity contribution is 7.15. The summed E-state index contributed by atoms with van der Waals surface area (Å²) in [7, 11) is 0. The molecule has 0 saturated heterocycles. The number of aromatic nitrogens is 3. The zero-order chi connectivity index (χ0) is 13.8. The van der Waals surface area contributed by atoms with Crippen LogP contribution >= 0.6 is 22.7 Å². The summed E-state index contributed by atoms with van der Waals surface area (Å²) in [6.07, 6.45) is 1.85. The van der Waals surface area contributed by atoms with E-state index in [9.17, 15) is 9.59 Å². The Labute approximate surface area is 118 Å². The third-order valence-corrected chi connectivity index (χ3v) is 4.23. The van der Waals surface area contributed by atoms with Crippen LogP contribution in [0.5, 0.6) is 0 Å². The van der Waals surface area contributed by atoms with Crippen molar-refractivity contribution >= 4 is 33.7 Å². The van der Waals surface area contributed by atoms with Crippen molar-refractivity contribution in [2.45, 2.75) is 33.2 Å². The van der Waals surface area contributed by atoms with Crippen molar-refractivity contribution in [2.24, 2.45) is 0 Å². The fourth-order valence-electron chi connectivity index (χ4n) is 1.52. The summed E-state index contributed by atoms with van der Waals surface area (Å²) in [4.78, 5) is 23.2. The summed E-state index contributed by atoms with van der Waals surface area (Å²) >= 11 is 2.46. The quantitative estimate of drug-likeness (QED) is 0.910. The first kappa shape index (κ1) is 13.9. The van der Waals surface area contributed by atoms with Crippen LogP contribution in [0.3, 0.4) is 0 Å². The second-order valence-electron chi connectivity index (χ2n) is 4.03. The zero-order valence-electron chi connectivity index (χ0n) is 10.7. The molecule has 0 radical (unpaired) electrons. The molecule has 0 saturated carbocycles. The number of rotatable bonds is 5. The predicted molar refractivity (Wildman–Crippen MR) is 75.8 cm³/mol. The smallest absolute Gasteiger partial charge is 0.299 e. The van der Waals surface area contributed by atoms with Crippen molar-refractivity contribution in [3.8, 4) is 0 Å². The van der Waals surface area contributed by atoms with Gasteiger partial charge in [0.05, 0.1) is 0 Å². The van der Waals surface area contributed by atoms with Crippen LogP contribution in [0.2, 0.25) is 0 Å². The number of hydrogen-bond acceptors (Lipinski definition) is 6. The lowest BCUT2D eigenvalue weighted by Crippen LogP contribution is -2.25. The van der Waals surface area contributed by atoms with Gasteiger partial charge >= 0.3 is 4.87 Å². The molecule has 0 aliphatic carbocycles. The Hall–Kier alpha value is -1.54. The van der Waals surface area contributed by atoms with E-state index in [2.05, 4.69) is 22.4 Å². The van der Waals surface area contributed by atoms with Crippen molar-refractivity contribution in [1.82, 2.24) is 14.8 Å². The summed E-state index contributed by atoms with van der Waals surface area (Å²) in [6.45, 7) is 3.87. The first-order valence-electron chi connectivity index (χ1n) is 5.87. The number of nitrogens with zero attached hydrogens (tertiary/aromatic N) is 3. The van der Waals surface area contributed by atoms with Crippen LogP contribution in [-0.2, 0) is 17.8 Å². The van der Waals surface area contributed by atoms with E-state index >= 15 is 0 Å². The first-order valence-corrected chi connectivity index (χ1v) is 7.57. The van der Waals surface area contributed by atoms with E-state index in [4.69, 9.17) is 0 Å². The number of anilines is 1. The SMILES string of the molecule is CCCc1nnc(NC(=O)Cn2c(C)csc2=O)s1. The Morgan fingerprint density at radius 3 is 2.89 bits per heavy atom. The van der Waals surface area contributed by atoms with Crippen LogP contribution in [0.15, 0.2) is 10.2 Å². The van der Waals surface area contributed by atoms with Crippen molar-refractivity contribution in [3.05, 3.63) is 25.7 Å². The van der Waals surface area contributed by atoms with Gasteiger partial charge in [-0.1, -0.05) is 29.6 Å². The molecule has 1 amide bonds. The van der Waals surface area contributed by atoms with Crippen LogP contribution in [0.25, 0.3) is 0 Å². The molecule has 0 unspecified atom stereocenters. The van der Waals surface area contributed by atoms with E-state index in [0.717, 1.165) is 34.9 Å². The van der Waals surface area contributed by atoms with E-state index in [1.165, 1.54) is 15.9 Å². The molecule has 19 heavy (non-hydrogen) atoms. The molecule has 6 nitrogen and oxygen atoms in total. The lowest BCUT2D eigenvalue weighted by atomic mass is 10.4. The number of carbonyl (C=O) groups excluding carboxylic acids is 1. The average molecular weight is 298 g/mol. The second kappa shape index (κ2) is 6.07. The van der Waals surface area contributed by atoms with Gasteiger partial charge in [-0.2, -0.15) is 0 Å². The summed E-state index contributed by atoms with van der Waals surface area (Å²) < 4.78 is 1.44. The molecule has 1 N–H and O–H groups in total. The Balaban J connectivity index is 1.99. The van der Waals surface area contributed by atoms with Gasteiger partial charge in [-0.25, -0.2) is 0 Å². The van der Waals surface area contributed by atoms with Gasteiger partial charge in [0, 0.05) is 17.5 Å². The molecule has 0 fully saturated rings. The van der Waals surface area contributed by atoms with E-state index in [0.29, 0.717) is 5.13 Å². The van der Waals surface area contributed by atoms with Gasteiger partial charge in [-0.3, -0.25) is 19.5 Å². The molecule has 0 spiro atoms. The van der Waals surface area contributed by atoms with Gasteiger partial charge in [0.25, 0.3) is 0 Å². The molecular formula is C11H14N4O2S2. The zero-order valence-corrected chi connectivity index (χ0v) is 12.3. The number of carbonyl (C=O) groups is 1. The summed E-state index contributed by atoms with van der Waals surface area (Å²) in [5, 5.41) is 13.7. The largest absolute Gasteiger partial charge is 0.307 e. The van der Waals surface area contributed by atoms with Gasteiger partial charge in [0.1, 0.15) is 11.6 Å². The lowest BCUT2D eigenvalue weighted by Gasteiger charge is -2.03. The number of nitrogens with one attached hydrogen (secondary N) is 1. The fraction of sp³-hybridized carbons (Fsp3) is 0.455. The topological polar surface area (TPSA) is 76.9 Å². The minimum atomic E-state index is -0.261. The van der Waals surface area contributed by atoms with Gasteiger partial charge in [-0.15, -0.1) is 10.2 Å². The minimum Gasteiger partial charge on any atom is -0.299 e. The van der Waals surface area contributed by atoms with Crippen molar-refractivity contribution in [3.63, 3.8) is 0 Å². The second-order valence-corrected chi connectivity index (χ2v) is 5.91. The standard InChI is InChI=1S/C11H14N4O2S2/c1-3-4-9-13-14-10(19-9)12-8(16)5-15-7(2)6-18-11(15)17/h6H,3-5H2,1-2H3,(H,12,14,16). The maximum Gasteiger partial charge on any atom is 0.307 e. The normalized spacial score (nSPS) is 10.6. The first-order chi connectivity index (χ1) is 9.10. The molecule has 0 aliphatic rings. The Kier molecular flexibility index (Phi) is 4.43. The van der Waals surface area contributed by atoms with E-state index in [-0.39, 0.29) is 17.3 Å². The van der Waals surface area contributed by atoms with Gasteiger partial charge in [-0.05, 0) is 13.3 Å². The molecule has 2 aromatic heterocycles. The maximum atomic E-state index is 11.8. The summed E-state index contributed by atoms with van der Waals surface area (Å²) in [5.74, 6) is -0.261. The Bertz CT molecular complexity index is 629. The number of hydrogen-bond donors (Lipinski definition) is 1. The van der Waals surface area contributed by atoms with Crippen LogP contribution in [-0.4, -0.2) is 20.7 Å². The minimum absolute atomic E-state index is 0.0108. The summed E-state index contributed by atoms with van der Waals surface area (Å²) in [5.41, 5.74) is 0.786. The van der Waals surface area contributed by atoms with Gasteiger partial charge in [0.2, 0.25) is 11.0 Å². The van der Waals surface area contributed by atoms with E-state index in [1.54, 1.807) is 12.3 Å². The number of thiazole rings is 1. The number of amides is 1. The molecule has 2 rings (SSSR count). The molecule has 2 aromatic rings.